The maximum Gasteiger partial charge on any atom is 0.194 e. The third-order valence-corrected chi connectivity index (χ3v) is 3.67. The van der Waals surface area contributed by atoms with Gasteiger partial charge in [0.15, 0.2) is 5.78 Å². The van der Waals surface area contributed by atoms with E-state index in [-0.39, 0.29) is 11.6 Å². The van der Waals surface area contributed by atoms with Gasteiger partial charge in [-0.1, -0.05) is 36.4 Å². The summed E-state index contributed by atoms with van der Waals surface area (Å²) in [5.74, 6) is -0.345. The van der Waals surface area contributed by atoms with Gasteiger partial charge in [0.25, 0.3) is 0 Å². The average Bonchev–Trinajstić information content (AvgIpc) is 2.44. The number of rotatable bonds is 0. The Balaban J connectivity index is 2.25. The van der Waals surface area contributed by atoms with Crippen molar-refractivity contribution >= 4 is 16.6 Å². The van der Waals surface area contributed by atoms with Crippen molar-refractivity contribution in [1.82, 2.24) is 0 Å². The molecular weight excluding hydrogens is 239 g/mol. The summed E-state index contributed by atoms with van der Waals surface area (Å²) in [6.45, 7) is 0. The lowest BCUT2D eigenvalue weighted by atomic mass is 9.83. The van der Waals surface area contributed by atoms with Crippen LogP contribution in [0.25, 0.3) is 21.9 Å². The second-order valence-electron chi connectivity index (χ2n) is 4.73. The quantitative estimate of drug-likeness (QED) is 0.456. The Morgan fingerprint density at radius 2 is 1.47 bits per heavy atom. The standard InChI is InChI=1S/C17H9FO/c18-11-7-8-13-15(9-11)12-5-1-3-10-4-2-6-14(16(10)12)17(13)19/h1-9H. The number of halogens is 1. The minimum absolute atomic E-state index is 0.0284. The number of carbonyl (C=O) groups is 1. The van der Waals surface area contributed by atoms with E-state index in [1.807, 2.05) is 36.4 Å². The van der Waals surface area contributed by atoms with Gasteiger partial charge in [-0.05, 0) is 34.7 Å². The van der Waals surface area contributed by atoms with Crippen LogP contribution in [0, 0.1) is 5.82 Å². The van der Waals surface area contributed by atoms with Gasteiger partial charge in [0.05, 0.1) is 0 Å². The van der Waals surface area contributed by atoms with E-state index in [9.17, 15) is 9.18 Å². The second-order valence-corrected chi connectivity index (χ2v) is 4.73. The molecule has 0 N–H and O–H groups in total. The fraction of sp³-hybridized carbons (Fsp3) is 0. The van der Waals surface area contributed by atoms with Gasteiger partial charge >= 0.3 is 0 Å². The van der Waals surface area contributed by atoms with Crippen LogP contribution >= 0.6 is 0 Å². The molecule has 0 saturated carbocycles. The highest BCUT2D eigenvalue weighted by molar-refractivity contribution is 6.25. The van der Waals surface area contributed by atoms with E-state index < -0.39 is 0 Å². The molecule has 4 rings (SSSR count). The highest BCUT2D eigenvalue weighted by atomic mass is 19.1. The van der Waals surface area contributed by atoms with E-state index >= 15 is 0 Å². The third-order valence-electron chi connectivity index (χ3n) is 3.67. The number of ketones is 1. The maximum atomic E-state index is 13.5. The fourth-order valence-corrected chi connectivity index (χ4v) is 2.84. The van der Waals surface area contributed by atoms with Crippen LogP contribution < -0.4 is 0 Å². The van der Waals surface area contributed by atoms with Gasteiger partial charge < -0.3 is 0 Å². The Labute approximate surface area is 109 Å². The first-order valence-electron chi connectivity index (χ1n) is 6.12. The van der Waals surface area contributed by atoms with Gasteiger partial charge in [0.1, 0.15) is 5.82 Å². The Kier molecular flexibility index (Phi) is 1.93. The van der Waals surface area contributed by atoms with Gasteiger partial charge in [0, 0.05) is 16.5 Å². The zero-order valence-electron chi connectivity index (χ0n) is 9.98. The maximum absolute atomic E-state index is 13.5. The number of hydrogen-bond acceptors (Lipinski definition) is 1. The van der Waals surface area contributed by atoms with E-state index in [2.05, 4.69) is 0 Å². The summed E-state index contributed by atoms with van der Waals surface area (Å²) < 4.78 is 13.5. The molecule has 1 nitrogen and oxygen atoms in total. The van der Waals surface area contributed by atoms with Crippen molar-refractivity contribution in [3.63, 3.8) is 0 Å². The summed E-state index contributed by atoms with van der Waals surface area (Å²) in [5.41, 5.74) is 2.90. The van der Waals surface area contributed by atoms with Crippen LogP contribution in [0.1, 0.15) is 15.9 Å². The van der Waals surface area contributed by atoms with Crippen LogP contribution in [0.3, 0.4) is 0 Å². The molecule has 3 aromatic carbocycles. The van der Waals surface area contributed by atoms with Crippen molar-refractivity contribution < 1.29 is 9.18 Å². The molecule has 0 heterocycles. The van der Waals surface area contributed by atoms with Gasteiger partial charge in [0.2, 0.25) is 0 Å². The Hall–Kier alpha value is -2.48. The van der Waals surface area contributed by atoms with Crippen molar-refractivity contribution in [2.45, 2.75) is 0 Å². The highest BCUT2D eigenvalue weighted by Gasteiger charge is 2.24. The molecule has 90 valence electrons. The van der Waals surface area contributed by atoms with Crippen LogP contribution in [-0.4, -0.2) is 5.78 Å². The molecule has 0 amide bonds. The SMILES string of the molecule is O=C1c2ccc(F)cc2-c2cccc3cccc1c23. The summed E-state index contributed by atoms with van der Waals surface area (Å²) in [5, 5.41) is 1.94. The molecular formula is C17H9FO. The van der Waals surface area contributed by atoms with Gasteiger partial charge in [-0.2, -0.15) is 0 Å². The first kappa shape index (κ1) is 10.4. The Morgan fingerprint density at radius 3 is 2.26 bits per heavy atom. The van der Waals surface area contributed by atoms with Crippen molar-refractivity contribution in [3.8, 4) is 11.1 Å². The molecule has 3 aromatic rings. The second kappa shape index (κ2) is 3.51. The zero-order chi connectivity index (χ0) is 13.0. The molecule has 0 fully saturated rings. The van der Waals surface area contributed by atoms with Crippen LogP contribution in [0.15, 0.2) is 54.6 Å². The lowest BCUT2D eigenvalue weighted by Crippen LogP contribution is -2.10. The van der Waals surface area contributed by atoms with Gasteiger partial charge in [-0.25, -0.2) is 4.39 Å². The molecule has 0 aliphatic heterocycles. The number of benzene rings is 3. The minimum atomic E-state index is -0.317. The fourth-order valence-electron chi connectivity index (χ4n) is 2.84. The Bertz CT molecular complexity index is 844. The molecule has 0 spiro atoms. The smallest absolute Gasteiger partial charge is 0.194 e. The van der Waals surface area contributed by atoms with E-state index in [1.54, 1.807) is 6.07 Å². The van der Waals surface area contributed by atoms with E-state index in [0.29, 0.717) is 16.7 Å². The molecule has 0 unspecified atom stereocenters. The summed E-state index contributed by atoms with van der Waals surface area (Å²) in [4.78, 5) is 12.5. The topological polar surface area (TPSA) is 17.1 Å². The zero-order valence-corrected chi connectivity index (χ0v) is 9.98. The molecule has 1 aliphatic rings. The lowest BCUT2D eigenvalue weighted by molar-refractivity contribution is 0.104. The van der Waals surface area contributed by atoms with Crippen molar-refractivity contribution in [2.75, 3.05) is 0 Å². The van der Waals surface area contributed by atoms with Gasteiger partial charge in [-0.15, -0.1) is 0 Å². The average molecular weight is 248 g/mol. The van der Waals surface area contributed by atoms with Crippen molar-refractivity contribution in [1.29, 1.82) is 0 Å². The molecule has 0 radical (unpaired) electrons. The molecule has 0 aromatic heterocycles. The van der Waals surface area contributed by atoms with Crippen molar-refractivity contribution in [2.24, 2.45) is 0 Å². The van der Waals surface area contributed by atoms with Crippen LogP contribution in [0.2, 0.25) is 0 Å². The predicted octanol–water partition coefficient (Wildman–Crippen LogP) is 4.19. The lowest BCUT2D eigenvalue weighted by Gasteiger charge is -2.19. The predicted molar refractivity (Wildman–Crippen MR) is 72.8 cm³/mol. The number of hydrogen-bond donors (Lipinski definition) is 0. The monoisotopic (exact) mass is 248 g/mol. The summed E-state index contributed by atoms with van der Waals surface area (Å²) in [7, 11) is 0. The highest BCUT2D eigenvalue weighted by Crippen LogP contribution is 2.39. The first-order chi connectivity index (χ1) is 9.25. The molecule has 19 heavy (non-hydrogen) atoms. The van der Waals surface area contributed by atoms with E-state index in [0.717, 1.165) is 16.3 Å². The number of carbonyl (C=O) groups excluding carboxylic acids is 1. The third kappa shape index (κ3) is 1.31. The summed E-state index contributed by atoms with van der Waals surface area (Å²) in [6.07, 6.45) is 0. The molecule has 0 bridgehead atoms. The van der Waals surface area contributed by atoms with E-state index in [4.69, 9.17) is 0 Å². The minimum Gasteiger partial charge on any atom is -0.289 e. The first-order valence-corrected chi connectivity index (χ1v) is 6.12. The molecule has 0 atom stereocenters. The van der Waals surface area contributed by atoms with Crippen LogP contribution in [0.5, 0.6) is 0 Å². The number of fused-ring (bicyclic) bond motifs is 2. The van der Waals surface area contributed by atoms with Crippen LogP contribution in [-0.2, 0) is 0 Å². The van der Waals surface area contributed by atoms with Crippen molar-refractivity contribution in [3.05, 3.63) is 71.5 Å². The largest absolute Gasteiger partial charge is 0.289 e. The summed E-state index contributed by atoms with van der Waals surface area (Å²) >= 11 is 0. The van der Waals surface area contributed by atoms with E-state index in [1.165, 1.54) is 12.1 Å². The molecule has 0 saturated heterocycles. The molecule has 2 heteroatoms. The Morgan fingerprint density at radius 1 is 0.737 bits per heavy atom. The normalized spacial score (nSPS) is 12.6. The van der Waals surface area contributed by atoms with Gasteiger partial charge in [-0.3, -0.25) is 4.79 Å². The van der Waals surface area contributed by atoms with Crippen LogP contribution in [0.4, 0.5) is 4.39 Å². The summed E-state index contributed by atoms with van der Waals surface area (Å²) in [6, 6.07) is 15.9. The molecule has 1 aliphatic carbocycles.